The van der Waals surface area contributed by atoms with Crippen molar-refractivity contribution in [3.05, 3.63) is 65.2 Å². The van der Waals surface area contributed by atoms with E-state index in [4.69, 9.17) is 9.47 Å². The molecular weight excluding hydrogens is 364 g/mol. The van der Waals surface area contributed by atoms with Gasteiger partial charge in [0.1, 0.15) is 12.4 Å². The van der Waals surface area contributed by atoms with Crippen molar-refractivity contribution in [3.8, 4) is 5.75 Å². The lowest BCUT2D eigenvalue weighted by Crippen LogP contribution is -2.47. The van der Waals surface area contributed by atoms with E-state index in [0.717, 1.165) is 37.0 Å². The first-order valence-corrected chi connectivity index (χ1v) is 10.7. The van der Waals surface area contributed by atoms with Crippen molar-refractivity contribution in [2.45, 2.75) is 50.7 Å². The maximum Gasteiger partial charge on any atom is 0.309 e. The number of benzene rings is 2. The Morgan fingerprint density at radius 3 is 2.83 bits per heavy atom. The molecule has 1 saturated heterocycles. The van der Waals surface area contributed by atoms with Crippen LogP contribution in [0.3, 0.4) is 0 Å². The zero-order valence-corrected chi connectivity index (χ0v) is 16.8. The molecule has 5 atom stereocenters. The van der Waals surface area contributed by atoms with Crippen molar-refractivity contribution in [3.63, 3.8) is 0 Å². The predicted octanol–water partition coefficient (Wildman–Crippen LogP) is 4.81. The second-order valence-electron chi connectivity index (χ2n) is 9.08. The lowest BCUT2D eigenvalue weighted by atomic mass is 9.57. The monoisotopic (exact) mass is 392 g/mol. The van der Waals surface area contributed by atoms with Crippen LogP contribution in [0.15, 0.2) is 48.5 Å². The zero-order chi connectivity index (χ0) is 20.0. The molecule has 0 spiro atoms. The van der Waals surface area contributed by atoms with Gasteiger partial charge in [-0.2, -0.15) is 0 Å². The van der Waals surface area contributed by atoms with Crippen molar-refractivity contribution in [1.29, 1.82) is 0 Å². The van der Waals surface area contributed by atoms with E-state index in [1.54, 1.807) is 0 Å². The number of aliphatic carboxylic acids is 1. The van der Waals surface area contributed by atoms with Crippen LogP contribution in [0, 0.1) is 17.8 Å². The standard InChI is InChI=1S/C25H28O4/c1-25-12-11-20-19-10-8-18(28-14-16-5-3-2-4-6-16)13-17(19)7-9-21(20)23(25)22(15-29-25)24(26)27/h2-6,8,10,13,20-23H,7,9,11-12,14-15H2,1H3,(H,26,27)/t20-,21-,22+,23-,25+/m1/s1. The van der Waals surface area contributed by atoms with Crippen molar-refractivity contribution >= 4 is 5.97 Å². The Balaban J connectivity index is 1.37. The van der Waals surface area contributed by atoms with Crippen molar-refractivity contribution in [2.24, 2.45) is 17.8 Å². The number of aryl methyl sites for hydroxylation is 1. The van der Waals surface area contributed by atoms with E-state index in [1.807, 2.05) is 18.2 Å². The Hall–Kier alpha value is -2.33. The third-order valence-electron chi connectivity index (χ3n) is 7.49. The largest absolute Gasteiger partial charge is 0.489 e. The van der Waals surface area contributed by atoms with E-state index in [1.165, 1.54) is 11.1 Å². The summed E-state index contributed by atoms with van der Waals surface area (Å²) in [6, 6.07) is 16.7. The Labute approximate surface area is 171 Å². The molecule has 0 unspecified atom stereocenters. The summed E-state index contributed by atoms with van der Waals surface area (Å²) < 4.78 is 12.1. The molecule has 2 fully saturated rings. The van der Waals surface area contributed by atoms with Crippen LogP contribution in [0.4, 0.5) is 0 Å². The average molecular weight is 392 g/mol. The van der Waals surface area contributed by atoms with Crippen LogP contribution in [0.25, 0.3) is 0 Å². The van der Waals surface area contributed by atoms with Crippen LogP contribution >= 0.6 is 0 Å². The van der Waals surface area contributed by atoms with Gasteiger partial charge in [-0.3, -0.25) is 4.79 Å². The van der Waals surface area contributed by atoms with E-state index in [2.05, 4.69) is 37.3 Å². The van der Waals surface area contributed by atoms with Crippen molar-refractivity contribution in [1.82, 2.24) is 0 Å². The molecule has 0 aromatic heterocycles. The molecule has 0 bridgehead atoms. The molecule has 0 radical (unpaired) electrons. The van der Waals surface area contributed by atoms with E-state index in [-0.39, 0.29) is 17.4 Å². The summed E-state index contributed by atoms with van der Waals surface area (Å²) in [5.74, 6) is 0.780. The van der Waals surface area contributed by atoms with Crippen LogP contribution in [0.2, 0.25) is 0 Å². The zero-order valence-electron chi connectivity index (χ0n) is 16.8. The van der Waals surface area contributed by atoms with Crippen LogP contribution in [-0.4, -0.2) is 23.3 Å². The minimum atomic E-state index is -0.699. The van der Waals surface area contributed by atoms with Gasteiger partial charge in [0.15, 0.2) is 0 Å². The molecule has 4 heteroatoms. The number of ether oxygens (including phenoxy) is 2. The SMILES string of the molecule is C[C@]12CC[C@@H]3c4ccc(OCc5ccccc5)cc4CC[C@H]3[C@@H]1[C@@H](C(=O)O)CO2. The highest BCUT2D eigenvalue weighted by Gasteiger charge is 2.57. The summed E-state index contributed by atoms with van der Waals surface area (Å²) in [6.07, 6.45) is 4.03. The molecule has 4 nitrogen and oxygen atoms in total. The molecule has 29 heavy (non-hydrogen) atoms. The molecule has 2 aromatic rings. The molecule has 1 aliphatic heterocycles. The Kier molecular flexibility index (Phi) is 4.62. The van der Waals surface area contributed by atoms with Crippen LogP contribution in [0.5, 0.6) is 5.75 Å². The minimum Gasteiger partial charge on any atom is -0.489 e. The van der Waals surface area contributed by atoms with E-state index >= 15 is 0 Å². The minimum absolute atomic E-state index is 0.112. The van der Waals surface area contributed by atoms with E-state index in [9.17, 15) is 9.90 Å². The van der Waals surface area contributed by atoms with Gasteiger partial charge in [-0.1, -0.05) is 36.4 Å². The maximum absolute atomic E-state index is 11.9. The van der Waals surface area contributed by atoms with Gasteiger partial charge < -0.3 is 14.6 Å². The normalized spacial score (nSPS) is 32.7. The van der Waals surface area contributed by atoms with Crippen molar-refractivity contribution < 1.29 is 19.4 Å². The fourth-order valence-electron chi connectivity index (χ4n) is 6.11. The van der Waals surface area contributed by atoms with Crippen LogP contribution in [-0.2, 0) is 22.6 Å². The molecule has 5 rings (SSSR count). The number of carboxylic acid groups (broad SMARTS) is 1. The fourth-order valence-corrected chi connectivity index (χ4v) is 6.11. The second kappa shape index (κ2) is 7.17. The summed E-state index contributed by atoms with van der Waals surface area (Å²) >= 11 is 0. The molecule has 152 valence electrons. The van der Waals surface area contributed by atoms with Gasteiger partial charge in [-0.15, -0.1) is 0 Å². The van der Waals surface area contributed by atoms with Gasteiger partial charge in [0.25, 0.3) is 0 Å². The first kappa shape index (κ1) is 18.7. The number of hydrogen-bond acceptors (Lipinski definition) is 3. The first-order valence-electron chi connectivity index (χ1n) is 10.7. The topological polar surface area (TPSA) is 55.8 Å². The number of hydrogen-bond donors (Lipinski definition) is 1. The van der Waals surface area contributed by atoms with Crippen molar-refractivity contribution in [2.75, 3.05) is 6.61 Å². The summed E-state index contributed by atoms with van der Waals surface area (Å²) in [6.45, 7) is 3.06. The van der Waals surface area contributed by atoms with Gasteiger partial charge in [0.05, 0.1) is 18.1 Å². The summed E-state index contributed by atoms with van der Waals surface area (Å²) in [5, 5.41) is 9.75. The first-order chi connectivity index (χ1) is 14.0. The predicted molar refractivity (Wildman–Crippen MR) is 110 cm³/mol. The highest BCUT2D eigenvalue weighted by molar-refractivity contribution is 5.71. The number of carbonyl (C=O) groups is 1. The lowest BCUT2D eigenvalue weighted by Gasteiger charge is -2.48. The third kappa shape index (κ3) is 3.24. The summed E-state index contributed by atoms with van der Waals surface area (Å²) in [7, 11) is 0. The molecule has 1 heterocycles. The molecular formula is C25H28O4. The number of fused-ring (bicyclic) bond motifs is 5. The van der Waals surface area contributed by atoms with E-state index in [0.29, 0.717) is 25.0 Å². The summed E-state index contributed by atoms with van der Waals surface area (Å²) in [4.78, 5) is 11.9. The average Bonchev–Trinajstić information content (AvgIpc) is 3.10. The Morgan fingerprint density at radius 1 is 1.21 bits per heavy atom. The smallest absolute Gasteiger partial charge is 0.309 e. The van der Waals surface area contributed by atoms with Gasteiger partial charge in [-0.25, -0.2) is 0 Å². The molecule has 2 aromatic carbocycles. The molecule has 0 amide bonds. The third-order valence-corrected chi connectivity index (χ3v) is 7.49. The van der Waals surface area contributed by atoms with Crippen LogP contribution < -0.4 is 4.74 Å². The van der Waals surface area contributed by atoms with Gasteiger partial charge >= 0.3 is 5.97 Å². The fraction of sp³-hybridized carbons (Fsp3) is 0.480. The molecule has 1 saturated carbocycles. The van der Waals surface area contributed by atoms with E-state index < -0.39 is 5.97 Å². The quantitative estimate of drug-likeness (QED) is 0.811. The molecule has 1 N–H and O–H groups in total. The van der Waals surface area contributed by atoms with Crippen LogP contribution in [0.1, 0.15) is 48.8 Å². The number of carboxylic acids is 1. The highest BCUT2D eigenvalue weighted by atomic mass is 16.5. The Bertz CT molecular complexity index is 908. The molecule has 3 aliphatic rings. The second-order valence-corrected chi connectivity index (χ2v) is 9.08. The summed E-state index contributed by atoms with van der Waals surface area (Å²) in [5.41, 5.74) is 3.65. The maximum atomic E-state index is 11.9. The lowest BCUT2D eigenvalue weighted by molar-refractivity contribution is -0.144. The molecule has 2 aliphatic carbocycles. The van der Waals surface area contributed by atoms with Gasteiger partial charge in [-0.05, 0) is 73.3 Å². The highest BCUT2D eigenvalue weighted by Crippen LogP contribution is 2.57. The number of rotatable bonds is 4. The Morgan fingerprint density at radius 2 is 2.03 bits per heavy atom. The van der Waals surface area contributed by atoms with Gasteiger partial charge in [0.2, 0.25) is 0 Å². The van der Waals surface area contributed by atoms with Gasteiger partial charge in [0, 0.05) is 5.92 Å².